The van der Waals surface area contributed by atoms with Crippen LogP contribution in [0.4, 0.5) is 0 Å². The number of hydrogen-bond acceptors (Lipinski definition) is 2. The van der Waals surface area contributed by atoms with Crippen LogP contribution in [0.1, 0.15) is 24.5 Å². The molecule has 0 aromatic heterocycles. The molecule has 3 rings (SSSR count). The molecule has 0 spiro atoms. The standard InChI is InChI=1S/C15H12ClNO/c1-9-4-10(8-17-9)5-14-13-7-12(16)3-2-11(13)6-15(14)18/h2-3,5,7-8H,4,6H2,1H3/b14-5-. The van der Waals surface area contributed by atoms with Gasteiger partial charge in [-0.15, -0.1) is 0 Å². The second-order valence-corrected chi connectivity index (χ2v) is 5.14. The van der Waals surface area contributed by atoms with Gasteiger partial charge >= 0.3 is 0 Å². The molecule has 0 N–H and O–H groups in total. The lowest BCUT2D eigenvalue weighted by Gasteiger charge is -2.01. The van der Waals surface area contributed by atoms with Gasteiger partial charge in [-0.1, -0.05) is 17.7 Å². The number of fused-ring (bicyclic) bond motifs is 1. The molecular weight excluding hydrogens is 246 g/mol. The van der Waals surface area contributed by atoms with E-state index < -0.39 is 0 Å². The minimum absolute atomic E-state index is 0.165. The summed E-state index contributed by atoms with van der Waals surface area (Å²) in [7, 11) is 0. The van der Waals surface area contributed by atoms with Crippen molar-refractivity contribution in [2.45, 2.75) is 19.8 Å². The van der Waals surface area contributed by atoms with Crippen molar-refractivity contribution in [2.75, 3.05) is 0 Å². The predicted molar refractivity (Wildman–Crippen MR) is 73.9 cm³/mol. The lowest BCUT2D eigenvalue weighted by atomic mass is 10.0. The van der Waals surface area contributed by atoms with Crippen LogP contribution in [-0.2, 0) is 11.2 Å². The highest BCUT2D eigenvalue weighted by atomic mass is 35.5. The Morgan fingerprint density at radius 3 is 2.89 bits per heavy atom. The number of Topliss-reactive ketones (excluding diaryl/α,β-unsaturated/α-hetero) is 1. The molecule has 1 aliphatic carbocycles. The second kappa shape index (κ2) is 4.21. The fourth-order valence-corrected chi connectivity index (χ4v) is 2.56. The number of benzene rings is 1. The Bertz CT molecular complexity index is 638. The highest BCUT2D eigenvalue weighted by molar-refractivity contribution is 6.32. The maximum Gasteiger partial charge on any atom is 0.167 e. The SMILES string of the molecule is CC1=NC=C(/C=C2\C(=O)Cc3ccc(Cl)cc32)C1. The first-order chi connectivity index (χ1) is 8.63. The normalized spacial score (nSPS) is 20.1. The largest absolute Gasteiger partial charge is 0.294 e. The van der Waals surface area contributed by atoms with E-state index in [0.717, 1.165) is 34.4 Å². The van der Waals surface area contributed by atoms with E-state index in [9.17, 15) is 4.79 Å². The Labute approximate surface area is 111 Å². The molecule has 2 nitrogen and oxygen atoms in total. The van der Waals surface area contributed by atoms with Gasteiger partial charge < -0.3 is 0 Å². The summed E-state index contributed by atoms with van der Waals surface area (Å²) in [5.41, 5.74) is 4.97. The van der Waals surface area contributed by atoms with Gasteiger partial charge in [-0.2, -0.15) is 0 Å². The lowest BCUT2D eigenvalue weighted by Crippen LogP contribution is -1.95. The Hall–Kier alpha value is -1.67. The summed E-state index contributed by atoms with van der Waals surface area (Å²) in [6.45, 7) is 1.99. The second-order valence-electron chi connectivity index (χ2n) is 4.70. The number of carbonyl (C=O) groups excluding carboxylic acids is 1. The first kappa shape index (κ1) is 11.4. The predicted octanol–water partition coefficient (Wildman–Crippen LogP) is 3.60. The van der Waals surface area contributed by atoms with Crippen molar-refractivity contribution >= 4 is 28.7 Å². The van der Waals surface area contributed by atoms with Crippen LogP contribution < -0.4 is 0 Å². The van der Waals surface area contributed by atoms with Crippen molar-refractivity contribution in [3.8, 4) is 0 Å². The Kier molecular flexibility index (Phi) is 2.67. The number of nitrogens with zero attached hydrogens (tertiary/aromatic N) is 1. The molecule has 0 saturated heterocycles. The number of carbonyl (C=O) groups is 1. The van der Waals surface area contributed by atoms with Gasteiger partial charge in [0, 0.05) is 35.3 Å². The molecule has 1 heterocycles. The third-order valence-electron chi connectivity index (χ3n) is 3.25. The van der Waals surface area contributed by atoms with Gasteiger partial charge in [0.1, 0.15) is 0 Å². The molecule has 0 atom stereocenters. The molecule has 0 amide bonds. The average Bonchev–Trinajstić information content (AvgIpc) is 2.86. The molecule has 1 aliphatic heterocycles. The van der Waals surface area contributed by atoms with Crippen LogP contribution in [0.15, 0.2) is 41.0 Å². The number of hydrogen-bond donors (Lipinski definition) is 0. The summed E-state index contributed by atoms with van der Waals surface area (Å²) >= 11 is 6.00. The smallest absolute Gasteiger partial charge is 0.167 e. The van der Waals surface area contributed by atoms with Gasteiger partial charge in [0.15, 0.2) is 5.78 Å². The number of allylic oxidation sites excluding steroid dienone is 3. The van der Waals surface area contributed by atoms with Crippen LogP contribution in [-0.4, -0.2) is 11.5 Å². The van der Waals surface area contributed by atoms with E-state index in [4.69, 9.17) is 11.6 Å². The zero-order valence-electron chi connectivity index (χ0n) is 10.0. The molecule has 0 fully saturated rings. The van der Waals surface area contributed by atoms with Gasteiger partial charge in [-0.05, 0) is 41.8 Å². The molecule has 2 aliphatic rings. The van der Waals surface area contributed by atoms with Crippen LogP contribution in [0.25, 0.3) is 5.57 Å². The van der Waals surface area contributed by atoms with Crippen molar-refractivity contribution in [2.24, 2.45) is 4.99 Å². The summed E-state index contributed by atoms with van der Waals surface area (Å²) in [6.07, 6.45) is 5.08. The molecule has 90 valence electrons. The maximum atomic E-state index is 12.0. The summed E-state index contributed by atoms with van der Waals surface area (Å²) in [6, 6.07) is 5.64. The monoisotopic (exact) mass is 257 g/mol. The highest BCUT2D eigenvalue weighted by Crippen LogP contribution is 2.33. The van der Waals surface area contributed by atoms with E-state index >= 15 is 0 Å². The van der Waals surface area contributed by atoms with E-state index in [2.05, 4.69) is 4.99 Å². The van der Waals surface area contributed by atoms with Crippen LogP contribution in [0, 0.1) is 0 Å². The molecule has 1 aromatic rings. The van der Waals surface area contributed by atoms with E-state index in [1.165, 1.54) is 0 Å². The molecule has 0 saturated carbocycles. The minimum atomic E-state index is 0.165. The van der Waals surface area contributed by atoms with Crippen molar-refractivity contribution in [1.29, 1.82) is 0 Å². The van der Waals surface area contributed by atoms with E-state index in [0.29, 0.717) is 11.4 Å². The first-order valence-corrected chi connectivity index (χ1v) is 6.27. The fourth-order valence-electron chi connectivity index (χ4n) is 2.38. The lowest BCUT2D eigenvalue weighted by molar-refractivity contribution is -0.112. The number of ketones is 1. The summed E-state index contributed by atoms with van der Waals surface area (Å²) in [4.78, 5) is 16.3. The molecule has 0 unspecified atom stereocenters. The van der Waals surface area contributed by atoms with Gasteiger partial charge in [0.2, 0.25) is 0 Å². The van der Waals surface area contributed by atoms with Crippen LogP contribution in [0.3, 0.4) is 0 Å². The Balaban J connectivity index is 2.02. The molecule has 0 bridgehead atoms. The maximum absolute atomic E-state index is 12.0. The Morgan fingerprint density at radius 2 is 2.17 bits per heavy atom. The zero-order chi connectivity index (χ0) is 12.7. The average molecular weight is 258 g/mol. The molecular formula is C15H12ClNO. The zero-order valence-corrected chi connectivity index (χ0v) is 10.8. The fraction of sp³-hybridized carbons (Fsp3) is 0.200. The molecule has 3 heteroatoms. The van der Waals surface area contributed by atoms with Gasteiger partial charge in [-0.3, -0.25) is 9.79 Å². The molecule has 18 heavy (non-hydrogen) atoms. The quantitative estimate of drug-likeness (QED) is 0.707. The number of halogens is 1. The van der Waals surface area contributed by atoms with Crippen LogP contribution in [0.5, 0.6) is 0 Å². The number of aliphatic imine (C=N–C) groups is 1. The van der Waals surface area contributed by atoms with Crippen LogP contribution in [0.2, 0.25) is 5.02 Å². The third kappa shape index (κ3) is 1.93. The van der Waals surface area contributed by atoms with Crippen molar-refractivity contribution in [3.63, 3.8) is 0 Å². The highest BCUT2D eigenvalue weighted by Gasteiger charge is 2.25. The molecule has 0 radical (unpaired) electrons. The summed E-state index contributed by atoms with van der Waals surface area (Å²) < 4.78 is 0. The summed E-state index contributed by atoms with van der Waals surface area (Å²) in [5, 5.41) is 0.669. The van der Waals surface area contributed by atoms with Gasteiger partial charge in [-0.25, -0.2) is 0 Å². The van der Waals surface area contributed by atoms with E-state index in [-0.39, 0.29) is 5.78 Å². The topological polar surface area (TPSA) is 29.4 Å². The number of rotatable bonds is 1. The minimum Gasteiger partial charge on any atom is -0.294 e. The van der Waals surface area contributed by atoms with Crippen molar-refractivity contribution < 1.29 is 4.79 Å². The van der Waals surface area contributed by atoms with E-state index in [1.54, 1.807) is 0 Å². The van der Waals surface area contributed by atoms with Gasteiger partial charge in [0.25, 0.3) is 0 Å². The van der Waals surface area contributed by atoms with Crippen molar-refractivity contribution in [3.05, 3.63) is 52.2 Å². The summed E-state index contributed by atoms with van der Waals surface area (Å²) in [5.74, 6) is 0.165. The van der Waals surface area contributed by atoms with Crippen molar-refractivity contribution in [1.82, 2.24) is 0 Å². The first-order valence-electron chi connectivity index (χ1n) is 5.89. The third-order valence-corrected chi connectivity index (χ3v) is 3.49. The molecule has 1 aromatic carbocycles. The van der Waals surface area contributed by atoms with Gasteiger partial charge in [0.05, 0.1) is 0 Å². The Morgan fingerprint density at radius 1 is 1.33 bits per heavy atom. The van der Waals surface area contributed by atoms with Crippen LogP contribution >= 0.6 is 11.6 Å². The van der Waals surface area contributed by atoms with E-state index in [1.807, 2.05) is 37.4 Å².